The predicted octanol–water partition coefficient (Wildman–Crippen LogP) is 4.52. The first-order valence-electron chi connectivity index (χ1n) is 12.1. The molecule has 0 bridgehead atoms. The molecule has 0 aliphatic carbocycles. The molecule has 0 radical (unpaired) electrons. The van der Waals surface area contributed by atoms with Crippen molar-refractivity contribution in [1.82, 2.24) is 0 Å². The first kappa shape index (κ1) is 26.6. The van der Waals surface area contributed by atoms with E-state index in [9.17, 15) is 15.3 Å². The summed E-state index contributed by atoms with van der Waals surface area (Å²) in [5, 5.41) is 28.8. The third-order valence-corrected chi connectivity index (χ3v) is 5.72. The van der Waals surface area contributed by atoms with Crippen molar-refractivity contribution in [1.29, 1.82) is 0 Å². The molecule has 5 heteroatoms. The maximum Gasteiger partial charge on any atom is 0.114 e. The van der Waals surface area contributed by atoms with Crippen molar-refractivity contribution >= 4 is 0 Å². The van der Waals surface area contributed by atoms with Crippen LogP contribution in [0.2, 0.25) is 0 Å². The molecular formula is C24H46O5. The van der Waals surface area contributed by atoms with Gasteiger partial charge in [-0.25, -0.2) is 0 Å². The highest BCUT2D eigenvalue weighted by molar-refractivity contribution is 4.88. The van der Waals surface area contributed by atoms with E-state index in [0.29, 0.717) is 6.61 Å². The Morgan fingerprint density at radius 3 is 1.93 bits per heavy atom. The first-order valence-corrected chi connectivity index (χ1v) is 12.1. The van der Waals surface area contributed by atoms with Crippen molar-refractivity contribution in [2.45, 2.75) is 121 Å². The quantitative estimate of drug-likeness (QED) is 0.214. The van der Waals surface area contributed by atoms with E-state index in [4.69, 9.17) is 9.47 Å². The van der Waals surface area contributed by atoms with Crippen molar-refractivity contribution in [2.24, 2.45) is 0 Å². The van der Waals surface area contributed by atoms with Crippen LogP contribution in [-0.4, -0.2) is 59.6 Å². The number of rotatable bonds is 19. The summed E-state index contributed by atoms with van der Waals surface area (Å²) in [4.78, 5) is 0. The largest absolute Gasteiger partial charge is 0.394 e. The van der Waals surface area contributed by atoms with Crippen LogP contribution in [0.3, 0.4) is 0 Å². The van der Waals surface area contributed by atoms with Crippen LogP contribution in [0.15, 0.2) is 12.2 Å². The second-order valence-corrected chi connectivity index (χ2v) is 8.39. The average Bonchev–Trinajstić information content (AvgIpc) is 3.06. The van der Waals surface area contributed by atoms with E-state index in [0.717, 1.165) is 12.8 Å². The number of aliphatic hydroxyl groups excluding tert-OH is 3. The van der Waals surface area contributed by atoms with Crippen LogP contribution in [-0.2, 0) is 9.47 Å². The van der Waals surface area contributed by atoms with E-state index in [1.807, 2.05) is 0 Å². The van der Waals surface area contributed by atoms with E-state index in [1.54, 1.807) is 0 Å². The molecule has 0 saturated carbocycles. The van der Waals surface area contributed by atoms with E-state index in [-0.39, 0.29) is 13.2 Å². The summed E-state index contributed by atoms with van der Waals surface area (Å²) >= 11 is 0. The van der Waals surface area contributed by atoms with Gasteiger partial charge in [0.1, 0.15) is 24.4 Å². The second-order valence-electron chi connectivity index (χ2n) is 8.39. The number of ether oxygens (including phenoxy) is 2. The topological polar surface area (TPSA) is 79.2 Å². The van der Waals surface area contributed by atoms with Crippen molar-refractivity contribution in [2.75, 3.05) is 19.8 Å². The maximum absolute atomic E-state index is 9.83. The third kappa shape index (κ3) is 12.7. The van der Waals surface area contributed by atoms with Crippen molar-refractivity contribution in [3.63, 3.8) is 0 Å². The summed E-state index contributed by atoms with van der Waals surface area (Å²) in [6.07, 6.45) is 19.4. The van der Waals surface area contributed by atoms with Gasteiger partial charge < -0.3 is 24.8 Å². The summed E-state index contributed by atoms with van der Waals surface area (Å²) in [5.74, 6) is 0. The molecule has 0 spiro atoms. The van der Waals surface area contributed by atoms with Crippen molar-refractivity contribution in [3.05, 3.63) is 12.2 Å². The molecule has 0 unspecified atom stereocenters. The Bertz CT molecular complexity index is 387. The standard InChI is InChI=1S/C24H46O5/c1-2-3-4-5-6-7-8-9-10-11-12-13-14-15-16-17-18-28-22(19-25)24-23(27)21(26)20-29-24/h5-6,21-27H,2-4,7-20H2,1H3/b6-5+/t21-,22+,23-,24-/m1/s1. The van der Waals surface area contributed by atoms with Gasteiger partial charge >= 0.3 is 0 Å². The lowest BCUT2D eigenvalue weighted by atomic mass is 10.1. The van der Waals surface area contributed by atoms with Gasteiger partial charge in [-0.05, 0) is 25.7 Å². The lowest BCUT2D eigenvalue weighted by Gasteiger charge is -2.24. The Labute approximate surface area is 178 Å². The Kier molecular flexibility index (Phi) is 16.8. The molecule has 3 N–H and O–H groups in total. The van der Waals surface area contributed by atoms with Gasteiger partial charge in [0.25, 0.3) is 0 Å². The van der Waals surface area contributed by atoms with Gasteiger partial charge in [-0.2, -0.15) is 0 Å². The van der Waals surface area contributed by atoms with E-state index < -0.39 is 24.4 Å². The minimum Gasteiger partial charge on any atom is -0.394 e. The Morgan fingerprint density at radius 2 is 1.41 bits per heavy atom. The van der Waals surface area contributed by atoms with Crippen LogP contribution in [0.1, 0.15) is 96.8 Å². The van der Waals surface area contributed by atoms with Gasteiger partial charge in [-0.3, -0.25) is 0 Å². The van der Waals surface area contributed by atoms with Crippen LogP contribution in [0.25, 0.3) is 0 Å². The van der Waals surface area contributed by atoms with Crippen LogP contribution in [0.5, 0.6) is 0 Å². The molecule has 1 rings (SSSR count). The third-order valence-electron chi connectivity index (χ3n) is 5.72. The summed E-state index contributed by atoms with van der Waals surface area (Å²) in [7, 11) is 0. The fourth-order valence-corrected chi connectivity index (χ4v) is 3.78. The van der Waals surface area contributed by atoms with Crippen LogP contribution in [0, 0.1) is 0 Å². The molecule has 1 aliphatic heterocycles. The fourth-order valence-electron chi connectivity index (χ4n) is 3.78. The zero-order valence-electron chi connectivity index (χ0n) is 18.6. The number of hydrogen-bond donors (Lipinski definition) is 3. The number of hydrogen-bond acceptors (Lipinski definition) is 5. The number of allylic oxidation sites excluding steroid dienone is 2. The highest BCUT2D eigenvalue weighted by Crippen LogP contribution is 2.20. The molecule has 29 heavy (non-hydrogen) atoms. The molecular weight excluding hydrogens is 368 g/mol. The first-order chi connectivity index (χ1) is 14.2. The predicted molar refractivity (Wildman–Crippen MR) is 118 cm³/mol. The van der Waals surface area contributed by atoms with Gasteiger partial charge in [0.2, 0.25) is 0 Å². The van der Waals surface area contributed by atoms with Gasteiger partial charge in [0.15, 0.2) is 0 Å². The minimum atomic E-state index is -0.977. The Morgan fingerprint density at radius 1 is 0.862 bits per heavy atom. The van der Waals surface area contributed by atoms with Crippen LogP contribution in [0.4, 0.5) is 0 Å². The molecule has 4 atom stereocenters. The zero-order chi connectivity index (χ0) is 21.2. The van der Waals surface area contributed by atoms with Crippen LogP contribution >= 0.6 is 0 Å². The molecule has 0 aromatic carbocycles. The number of aliphatic hydroxyl groups is 3. The van der Waals surface area contributed by atoms with E-state index in [2.05, 4.69) is 19.1 Å². The lowest BCUT2D eigenvalue weighted by Crippen LogP contribution is -2.42. The van der Waals surface area contributed by atoms with Gasteiger partial charge in [0.05, 0.1) is 13.2 Å². The molecule has 172 valence electrons. The SMILES string of the molecule is CCCC/C=C/CCCCCCCCCCCCO[C@@H](CO)[C@H]1OC[C@@H](O)[C@H]1O. The monoisotopic (exact) mass is 414 g/mol. The molecule has 0 aromatic heterocycles. The maximum atomic E-state index is 9.83. The lowest BCUT2D eigenvalue weighted by molar-refractivity contribution is -0.101. The fraction of sp³-hybridized carbons (Fsp3) is 0.917. The highest BCUT2D eigenvalue weighted by Gasteiger charge is 2.40. The number of unbranched alkanes of at least 4 members (excludes halogenated alkanes) is 12. The smallest absolute Gasteiger partial charge is 0.114 e. The van der Waals surface area contributed by atoms with Gasteiger partial charge in [0, 0.05) is 6.61 Å². The zero-order valence-corrected chi connectivity index (χ0v) is 18.6. The normalized spacial score (nSPS) is 23.2. The molecule has 5 nitrogen and oxygen atoms in total. The molecule has 1 aliphatic rings. The highest BCUT2D eigenvalue weighted by atomic mass is 16.6. The van der Waals surface area contributed by atoms with Crippen molar-refractivity contribution in [3.8, 4) is 0 Å². The molecule has 1 saturated heterocycles. The minimum absolute atomic E-state index is 0.0990. The molecule has 1 heterocycles. The summed E-state index contributed by atoms with van der Waals surface area (Å²) in [6.45, 7) is 2.69. The molecule has 1 fully saturated rings. The van der Waals surface area contributed by atoms with Gasteiger partial charge in [-0.15, -0.1) is 0 Å². The molecule has 0 aromatic rings. The Hall–Kier alpha value is -0.460. The second kappa shape index (κ2) is 18.3. The molecule has 0 amide bonds. The van der Waals surface area contributed by atoms with Crippen LogP contribution < -0.4 is 0 Å². The van der Waals surface area contributed by atoms with E-state index >= 15 is 0 Å². The average molecular weight is 415 g/mol. The summed E-state index contributed by atoms with van der Waals surface area (Å²) in [5.41, 5.74) is 0. The summed E-state index contributed by atoms with van der Waals surface area (Å²) in [6, 6.07) is 0. The summed E-state index contributed by atoms with van der Waals surface area (Å²) < 4.78 is 11.0. The Balaban J connectivity index is 1.83. The van der Waals surface area contributed by atoms with Crippen molar-refractivity contribution < 1.29 is 24.8 Å². The van der Waals surface area contributed by atoms with E-state index in [1.165, 1.54) is 77.0 Å². The van der Waals surface area contributed by atoms with Gasteiger partial charge in [-0.1, -0.05) is 83.3 Å².